The fourth-order valence-corrected chi connectivity index (χ4v) is 3.19. The van der Waals surface area contributed by atoms with E-state index in [0.29, 0.717) is 12.0 Å². The van der Waals surface area contributed by atoms with Crippen LogP contribution < -0.4 is 9.79 Å². The van der Waals surface area contributed by atoms with Crippen LogP contribution >= 0.6 is 0 Å². The second-order valence-electron chi connectivity index (χ2n) is 5.85. The minimum atomic E-state index is -3.71. The summed E-state index contributed by atoms with van der Waals surface area (Å²) in [5.74, 6) is -1.58. The van der Waals surface area contributed by atoms with Crippen LogP contribution in [0.25, 0.3) is 0 Å². The molecule has 1 atom stereocenters. The van der Waals surface area contributed by atoms with Gasteiger partial charge in [0.2, 0.25) is 10.0 Å². The van der Waals surface area contributed by atoms with Gasteiger partial charge >= 0.3 is 13.1 Å². The van der Waals surface area contributed by atoms with Gasteiger partial charge in [0.1, 0.15) is 17.1 Å². The number of ether oxygens (including phenoxy) is 1. The predicted octanol–water partition coefficient (Wildman–Crippen LogP) is 0.287. The Hall–Kier alpha value is -1.91. The molecule has 0 unspecified atom stereocenters. The van der Waals surface area contributed by atoms with Crippen LogP contribution in [0, 0.1) is 0 Å². The zero-order valence-electron chi connectivity index (χ0n) is 13.8. The fraction of sp³-hybridized carbons (Fsp3) is 0.467. The summed E-state index contributed by atoms with van der Waals surface area (Å²) in [6.45, 7) is 1.90. The van der Waals surface area contributed by atoms with Gasteiger partial charge in [0.25, 0.3) is 0 Å². The van der Waals surface area contributed by atoms with Gasteiger partial charge in [-0.3, -0.25) is 4.79 Å². The Morgan fingerprint density at radius 2 is 2.16 bits per heavy atom. The number of rotatable bonds is 7. The first-order valence-corrected chi connectivity index (χ1v) is 9.58. The van der Waals surface area contributed by atoms with Crippen LogP contribution in [-0.2, 0) is 26.0 Å². The van der Waals surface area contributed by atoms with Crippen molar-refractivity contribution in [3.05, 3.63) is 29.3 Å². The van der Waals surface area contributed by atoms with Gasteiger partial charge in [0, 0.05) is 18.7 Å². The quantitative estimate of drug-likeness (QED) is 0.521. The number of benzene rings is 1. The zero-order valence-corrected chi connectivity index (χ0v) is 14.6. The van der Waals surface area contributed by atoms with Crippen LogP contribution in [0.1, 0.15) is 35.7 Å². The van der Waals surface area contributed by atoms with Crippen molar-refractivity contribution in [1.29, 1.82) is 0 Å². The smallest absolute Gasteiger partial charge is 0.526 e. The van der Waals surface area contributed by atoms with Gasteiger partial charge in [-0.2, -0.15) is 0 Å². The van der Waals surface area contributed by atoms with E-state index in [2.05, 4.69) is 0 Å². The minimum absolute atomic E-state index is 0.0419. The third kappa shape index (κ3) is 5.28. The number of carbonyl (C=O) groups is 2. The van der Waals surface area contributed by atoms with Gasteiger partial charge in [-0.1, -0.05) is 12.1 Å². The van der Waals surface area contributed by atoms with Crippen molar-refractivity contribution >= 4 is 28.9 Å². The predicted molar refractivity (Wildman–Crippen MR) is 90.7 cm³/mol. The van der Waals surface area contributed by atoms with Crippen LogP contribution in [0.3, 0.4) is 0 Å². The molecule has 0 spiro atoms. The number of carbonyl (C=O) groups excluding carboxylic acids is 2. The highest BCUT2D eigenvalue weighted by molar-refractivity contribution is 7.89. The Morgan fingerprint density at radius 3 is 2.80 bits per heavy atom. The lowest BCUT2D eigenvalue weighted by molar-refractivity contribution is -0.118. The van der Waals surface area contributed by atoms with E-state index in [1.165, 1.54) is 0 Å². The van der Waals surface area contributed by atoms with Crippen LogP contribution in [0.2, 0.25) is 5.82 Å². The third-order valence-electron chi connectivity index (χ3n) is 3.87. The molecule has 1 aromatic carbocycles. The van der Waals surface area contributed by atoms with E-state index >= 15 is 0 Å². The van der Waals surface area contributed by atoms with Crippen molar-refractivity contribution in [2.24, 2.45) is 5.14 Å². The van der Waals surface area contributed by atoms with E-state index in [1.54, 1.807) is 25.1 Å². The molecule has 1 aliphatic heterocycles. The Bertz CT molecular complexity index is 765. The molecular weight excluding hydrogens is 349 g/mol. The topological polar surface area (TPSA) is 133 Å². The zero-order chi connectivity index (χ0) is 18.6. The molecule has 3 N–H and O–H groups in total. The molecule has 25 heavy (non-hydrogen) atoms. The summed E-state index contributed by atoms with van der Waals surface area (Å²) in [6.07, 6.45) is 0.0718. The monoisotopic (exact) mass is 369 g/mol. The molecule has 10 heteroatoms. The molecule has 0 fully saturated rings. The number of nitrogens with two attached hydrogens (primary N) is 1. The molecule has 0 radical (unpaired) electrons. The highest BCUT2D eigenvalue weighted by atomic mass is 32.2. The van der Waals surface area contributed by atoms with E-state index in [9.17, 15) is 23.0 Å². The Morgan fingerprint density at radius 1 is 1.44 bits per heavy atom. The number of fused-ring (bicyclic) bond motifs is 1. The Labute approximate surface area is 146 Å². The van der Waals surface area contributed by atoms with Crippen LogP contribution in [0.5, 0.6) is 5.75 Å². The number of para-hydroxylation sites is 1. The normalized spacial score (nSPS) is 16.8. The Kier molecular flexibility index (Phi) is 6.20. The summed E-state index contributed by atoms with van der Waals surface area (Å²) >= 11 is 0. The van der Waals surface area contributed by atoms with E-state index in [1.807, 2.05) is 0 Å². The third-order valence-corrected chi connectivity index (χ3v) is 4.64. The maximum atomic E-state index is 12.0. The van der Waals surface area contributed by atoms with E-state index in [-0.39, 0.29) is 36.5 Å². The lowest BCUT2D eigenvalue weighted by atomic mass is 9.64. The van der Waals surface area contributed by atoms with Gasteiger partial charge in [0.05, 0.1) is 12.4 Å². The molecule has 0 aromatic heterocycles. The molecule has 136 valence electrons. The van der Waals surface area contributed by atoms with E-state index in [4.69, 9.17) is 14.5 Å². The number of sulfonamides is 1. The van der Waals surface area contributed by atoms with Crippen molar-refractivity contribution in [2.75, 3.05) is 12.4 Å². The second kappa shape index (κ2) is 7.98. The van der Waals surface area contributed by atoms with E-state index < -0.39 is 34.7 Å². The molecule has 1 heterocycles. The van der Waals surface area contributed by atoms with Crippen molar-refractivity contribution in [3.63, 3.8) is 0 Å². The number of esters is 1. The number of hydrogen-bond acceptors (Lipinski definition) is 7. The summed E-state index contributed by atoms with van der Waals surface area (Å²) < 4.78 is 32.2. The molecule has 0 saturated carbocycles. The Balaban J connectivity index is 2.10. The summed E-state index contributed by atoms with van der Waals surface area (Å²) in [5.41, 5.74) is 0.900. The summed E-state index contributed by atoms with van der Waals surface area (Å²) in [6, 6.07) is 4.96. The van der Waals surface area contributed by atoms with Crippen LogP contribution in [-0.4, -0.2) is 44.7 Å². The van der Waals surface area contributed by atoms with Gasteiger partial charge in [-0.05, 0) is 25.0 Å². The number of primary sulfonamides is 1. The summed E-state index contributed by atoms with van der Waals surface area (Å²) in [5, 5.41) is 15.0. The minimum Gasteiger partial charge on any atom is -0.535 e. The fourth-order valence-electron chi connectivity index (χ4n) is 2.68. The maximum absolute atomic E-state index is 12.0. The molecular formula is C15H20BNO7S. The average Bonchev–Trinajstić information content (AvgIpc) is 2.53. The molecule has 1 aliphatic rings. The van der Waals surface area contributed by atoms with Gasteiger partial charge in [0.15, 0.2) is 0 Å². The lowest BCUT2D eigenvalue weighted by Crippen LogP contribution is -2.36. The number of hydrogen-bond donors (Lipinski definition) is 2. The average molecular weight is 369 g/mol. The highest BCUT2D eigenvalue weighted by Gasteiger charge is 2.37. The van der Waals surface area contributed by atoms with E-state index in [0.717, 1.165) is 0 Å². The molecule has 0 aliphatic carbocycles. The van der Waals surface area contributed by atoms with Crippen molar-refractivity contribution in [1.82, 2.24) is 0 Å². The van der Waals surface area contributed by atoms with Crippen LogP contribution in [0.4, 0.5) is 0 Å². The van der Waals surface area contributed by atoms with Crippen LogP contribution in [0.15, 0.2) is 18.2 Å². The largest absolute Gasteiger partial charge is 0.535 e. The van der Waals surface area contributed by atoms with Crippen molar-refractivity contribution in [3.8, 4) is 5.75 Å². The molecule has 8 nitrogen and oxygen atoms in total. The first kappa shape index (κ1) is 19.4. The standard InChI is InChI=1S/C15H20BNO7S/c1-2-23-15(19)13-5-3-4-10-8-11(16(20)24-14(10)13)9-12(18)6-7-25(17,21)22/h3-5,11,20H,2,6-9H2,1H3,(H2,17,21,22)/t11-/m1/s1. The van der Waals surface area contributed by atoms with Crippen molar-refractivity contribution in [2.45, 2.75) is 32.0 Å². The molecule has 0 saturated heterocycles. The molecule has 1 aromatic rings. The maximum Gasteiger partial charge on any atom is 0.526 e. The second-order valence-corrected chi connectivity index (χ2v) is 7.58. The molecule has 2 rings (SSSR count). The van der Waals surface area contributed by atoms with Gasteiger partial charge in [-0.15, -0.1) is 0 Å². The first-order valence-electron chi connectivity index (χ1n) is 7.87. The van der Waals surface area contributed by atoms with Gasteiger partial charge < -0.3 is 14.4 Å². The van der Waals surface area contributed by atoms with Gasteiger partial charge in [-0.25, -0.2) is 18.4 Å². The number of Topliss-reactive ketones (excluding diaryl/α,β-unsaturated/α-hetero) is 1. The number of ketones is 1. The SMILES string of the molecule is CCOC(=O)c1cccc2c1OB(O)[C@@H](CC(=O)CCS(N)(=O)=O)C2. The van der Waals surface area contributed by atoms with Crippen molar-refractivity contribution < 1.29 is 32.4 Å². The lowest BCUT2D eigenvalue weighted by Gasteiger charge is -2.28. The first-order chi connectivity index (χ1) is 11.7. The summed E-state index contributed by atoms with van der Waals surface area (Å²) in [4.78, 5) is 23.9. The highest BCUT2D eigenvalue weighted by Crippen LogP contribution is 2.36. The summed E-state index contributed by atoms with van der Waals surface area (Å²) in [7, 11) is -4.99. The molecule has 0 bridgehead atoms. The molecule has 0 amide bonds.